The average molecular weight is 295 g/mol. The van der Waals surface area contributed by atoms with Gasteiger partial charge in [0.25, 0.3) is 5.69 Å². The fraction of sp³-hybridized carbons (Fsp3) is 0.154. The maximum atomic E-state index is 10.6. The molecule has 0 fully saturated rings. The first-order valence-electron chi connectivity index (χ1n) is 5.73. The molecular weight excluding hydrogens is 284 g/mol. The highest BCUT2D eigenvalue weighted by Gasteiger charge is 2.13. The summed E-state index contributed by atoms with van der Waals surface area (Å²) < 4.78 is 5.48. The van der Waals surface area contributed by atoms with Gasteiger partial charge in [-0.15, -0.1) is 0 Å². The molecule has 0 unspecified atom stereocenters. The third kappa shape index (κ3) is 3.23. The number of nitro benzene ring substituents is 1. The molecule has 0 amide bonds. The highest BCUT2D eigenvalue weighted by Crippen LogP contribution is 2.30. The third-order valence-electron chi connectivity index (χ3n) is 2.54. The summed E-state index contributed by atoms with van der Waals surface area (Å²) >= 11 is 5.79. The van der Waals surface area contributed by atoms with Crippen molar-refractivity contribution < 1.29 is 14.8 Å². The van der Waals surface area contributed by atoms with Crippen molar-refractivity contribution in [3.63, 3.8) is 0 Å². The van der Waals surface area contributed by atoms with Crippen LogP contribution in [0.2, 0.25) is 5.02 Å². The van der Waals surface area contributed by atoms with E-state index in [-0.39, 0.29) is 10.7 Å². The largest absolute Gasteiger partial charge is 0.456 e. The van der Waals surface area contributed by atoms with Crippen LogP contribution in [-0.2, 0) is 0 Å². The van der Waals surface area contributed by atoms with Crippen LogP contribution in [0.25, 0.3) is 0 Å². The van der Waals surface area contributed by atoms with E-state index in [1.165, 1.54) is 24.4 Å². The minimum absolute atomic E-state index is 0.000981. The lowest BCUT2D eigenvalue weighted by molar-refractivity contribution is -0.384. The van der Waals surface area contributed by atoms with Crippen LogP contribution in [0.3, 0.4) is 0 Å². The lowest BCUT2D eigenvalue weighted by Gasteiger charge is -2.07. The molecule has 2 aromatic rings. The summed E-state index contributed by atoms with van der Waals surface area (Å²) in [5.74, 6) is 0.812. The topological polar surface area (TPSA) is 85.5 Å². The SMILES string of the molecule is C[C@H](O)c1ccc(Oc2ccc([N+](=O)[O-])c(Cl)c2)cn1. The van der Waals surface area contributed by atoms with E-state index >= 15 is 0 Å². The van der Waals surface area contributed by atoms with Crippen LogP contribution >= 0.6 is 11.6 Å². The molecule has 104 valence electrons. The Morgan fingerprint density at radius 3 is 2.55 bits per heavy atom. The summed E-state index contributed by atoms with van der Waals surface area (Å²) in [5, 5.41) is 20.0. The second-order valence-electron chi connectivity index (χ2n) is 4.07. The number of hydrogen-bond donors (Lipinski definition) is 1. The van der Waals surface area contributed by atoms with Gasteiger partial charge in [0.15, 0.2) is 0 Å². The zero-order valence-electron chi connectivity index (χ0n) is 10.5. The van der Waals surface area contributed by atoms with Gasteiger partial charge >= 0.3 is 0 Å². The molecule has 2 rings (SSSR count). The van der Waals surface area contributed by atoms with Crippen molar-refractivity contribution in [2.24, 2.45) is 0 Å². The number of halogens is 1. The van der Waals surface area contributed by atoms with Crippen LogP contribution in [0.5, 0.6) is 11.5 Å². The number of rotatable bonds is 4. The maximum absolute atomic E-state index is 10.6. The number of pyridine rings is 1. The van der Waals surface area contributed by atoms with Gasteiger partial charge in [0.2, 0.25) is 0 Å². The second-order valence-corrected chi connectivity index (χ2v) is 4.47. The summed E-state index contributed by atoms with van der Waals surface area (Å²) in [6.45, 7) is 1.61. The van der Waals surface area contributed by atoms with Crippen LogP contribution in [-0.4, -0.2) is 15.0 Å². The van der Waals surface area contributed by atoms with Gasteiger partial charge in [0.1, 0.15) is 16.5 Å². The molecule has 0 aliphatic carbocycles. The van der Waals surface area contributed by atoms with Crippen molar-refractivity contribution in [1.29, 1.82) is 0 Å². The number of aliphatic hydroxyl groups is 1. The first-order valence-corrected chi connectivity index (χ1v) is 6.11. The quantitative estimate of drug-likeness (QED) is 0.689. The van der Waals surface area contributed by atoms with Crippen LogP contribution in [0, 0.1) is 10.1 Å². The Balaban J connectivity index is 2.17. The molecule has 0 saturated heterocycles. The standard InChI is InChI=1S/C13H11ClN2O4/c1-8(17)12-4-2-10(7-15-12)20-9-3-5-13(16(18)19)11(14)6-9/h2-8,17H,1H3/t8-/m0/s1. The van der Waals surface area contributed by atoms with E-state index in [0.717, 1.165) is 0 Å². The molecule has 0 aliphatic heterocycles. The molecule has 1 heterocycles. The van der Waals surface area contributed by atoms with Gasteiger partial charge in [0, 0.05) is 12.1 Å². The first-order chi connectivity index (χ1) is 9.47. The Bertz CT molecular complexity index is 629. The molecular formula is C13H11ClN2O4. The normalized spacial score (nSPS) is 11.9. The smallest absolute Gasteiger partial charge is 0.288 e. The predicted molar refractivity (Wildman–Crippen MR) is 73.1 cm³/mol. The van der Waals surface area contributed by atoms with Gasteiger partial charge in [-0.25, -0.2) is 0 Å². The van der Waals surface area contributed by atoms with Crippen LogP contribution in [0.15, 0.2) is 36.5 Å². The van der Waals surface area contributed by atoms with E-state index in [1.807, 2.05) is 0 Å². The minimum atomic E-state index is -0.655. The number of aliphatic hydroxyl groups excluding tert-OH is 1. The number of ether oxygens (including phenoxy) is 1. The first kappa shape index (κ1) is 14.2. The van der Waals surface area contributed by atoms with Gasteiger partial charge in [-0.1, -0.05) is 11.6 Å². The van der Waals surface area contributed by atoms with Crippen molar-refractivity contribution in [3.05, 3.63) is 57.4 Å². The average Bonchev–Trinajstić information content (AvgIpc) is 2.39. The fourth-order valence-electron chi connectivity index (χ4n) is 1.53. The fourth-order valence-corrected chi connectivity index (χ4v) is 1.77. The number of aromatic nitrogens is 1. The second kappa shape index (κ2) is 5.85. The minimum Gasteiger partial charge on any atom is -0.456 e. The molecule has 6 nitrogen and oxygen atoms in total. The lowest BCUT2D eigenvalue weighted by atomic mass is 10.2. The van der Waals surface area contributed by atoms with Crippen molar-refractivity contribution in [2.45, 2.75) is 13.0 Å². The Morgan fingerprint density at radius 2 is 2.05 bits per heavy atom. The zero-order valence-corrected chi connectivity index (χ0v) is 11.2. The predicted octanol–water partition coefficient (Wildman–Crippen LogP) is 3.49. The summed E-state index contributed by atoms with van der Waals surface area (Å²) in [4.78, 5) is 14.1. The highest BCUT2D eigenvalue weighted by molar-refractivity contribution is 6.32. The summed E-state index contributed by atoms with van der Waals surface area (Å²) in [6.07, 6.45) is 0.801. The Kier molecular flexibility index (Phi) is 4.16. The van der Waals surface area contributed by atoms with E-state index in [0.29, 0.717) is 17.2 Å². The maximum Gasteiger partial charge on any atom is 0.288 e. The Hall–Kier alpha value is -2.18. The van der Waals surface area contributed by atoms with Crippen LogP contribution in [0.1, 0.15) is 18.7 Å². The van der Waals surface area contributed by atoms with E-state index in [1.54, 1.807) is 19.1 Å². The number of hydrogen-bond acceptors (Lipinski definition) is 5. The molecule has 0 spiro atoms. The number of nitrogens with zero attached hydrogens (tertiary/aromatic N) is 2. The van der Waals surface area contributed by atoms with E-state index in [4.69, 9.17) is 16.3 Å². The van der Waals surface area contributed by atoms with Crippen molar-refractivity contribution in [2.75, 3.05) is 0 Å². The molecule has 1 aromatic heterocycles. The molecule has 0 saturated carbocycles. The molecule has 0 aliphatic rings. The number of benzene rings is 1. The molecule has 0 bridgehead atoms. The molecule has 0 radical (unpaired) electrons. The Morgan fingerprint density at radius 1 is 1.35 bits per heavy atom. The highest BCUT2D eigenvalue weighted by atomic mass is 35.5. The summed E-state index contributed by atoms with van der Waals surface area (Å²) in [7, 11) is 0. The van der Waals surface area contributed by atoms with Gasteiger partial charge in [-0.2, -0.15) is 0 Å². The van der Waals surface area contributed by atoms with E-state index in [9.17, 15) is 15.2 Å². The summed E-state index contributed by atoms with van der Waals surface area (Å²) in [6, 6.07) is 7.36. The molecule has 1 N–H and O–H groups in total. The monoisotopic (exact) mass is 294 g/mol. The van der Waals surface area contributed by atoms with E-state index in [2.05, 4.69) is 4.98 Å². The Labute approximate surface area is 119 Å². The number of nitro groups is 1. The van der Waals surface area contributed by atoms with Gasteiger partial charge in [-0.05, 0) is 25.1 Å². The molecule has 7 heteroatoms. The van der Waals surface area contributed by atoms with Crippen molar-refractivity contribution >= 4 is 17.3 Å². The van der Waals surface area contributed by atoms with Crippen molar-refractivity contribution in [1.82, 2.24) is 4.98 Å². The molecule has 20 heavy (non-hydrogen) atoms. The van der Waals surface area contributed by atoms with Gasteiger partial charge < -0.3 is 9.84 Å². The zero-order chi connectivity index (χ0) is 14.7. The van der Waals surface area contributed by atoms with Crippen LogP contribution < -0.4 is 4.74 Å². The van der Waals surface area contributed by atoms with Crippen LogP contribution in [0.4, 0.5) is 5.69 Å². The van der Waals surface area contributed by atoms with Crippen molar-refractivity contribution in [3.8, 4) is 11.5 Å². The third-order valence-corrected chi connectivity index (χ3v) is 2.84. The molecule has 1 atom stereocenters. The van der Waals surface area contributed by atoms with E-state index < -0.39 is 11.0 Å². The molecule has 1 aromatic carbocycles. The van der Waals surface area contributed by atoms with Gasteiger partial charge in [0.05, 0.1) is 22.9 Å². The lowest BCUT2D eigenvalue weighted by Crippen LogP contribution is -1.95. The summed E-state index contributed by atoms with van der Waals surface area (Å²) in [5.41, 5.74) is 0.348. The van der Waals surface area contributed by atoms with Gasteiger partial charge in [-0.3, -0.25) is 15.1 Å².